The maximum atomic E-state index is 2.61. The number of para-hydroxylation sites is 1. The number of hydrogen-bond acceptors (Lipinski definition) is 1. The lowest BCUT2D eigenvalue weighted by Crippen LogP contribution is -2.24. The van der Waals surface area contributed by atoms with Crippen molar-refractivity contribution >= 4 is 0 Å². The summed E-state index contributed by atoms with van der Waals surface area (Å²) in [5.74, 6) is 0.957. The molecule has 18 heavy (non-hydrogen) atoms. The quantitative estimate of drug-likeness (QED) is 0.780. The van der Waals surface area contributed by atoms with Crippen molar-refractivity contribution in [3.63, 3.8) is 0 Å². The van der Waals surface area contributed by atoms with Gasteiger partial charge in [-0.05, 0) is 42.5 Å². The maximum absolute atomic E-state index is 2.61. The van der Waals surface area contributed by atoms with Crippen molar-refractivity contribution in [1.82, 2.24) is 9.47 Å². The monoisotopic (exact) mass is 238 g/mol. The summed E-state index contributed by atoms with van der Waals surface area (Å²) in [6.07, 6.45) is 5.05. The summed E-state index contributed by atoms with van der Waals surface area (Å²) in [6.45, 7) is 3.44. The van der Waals surface area contributed by atoms with Gasteiger partial charge in [0.1, 0.15) is 0 Å². The molecule has 1 aromatic heterocycles. The first kappa shape index (κ1) is 10.4. The fourth-order valence-electron chi connectivity index (χ4n) is 2.98. The van der Waals surface area contributed by atoms with Gasteiger partial charge in [0, 0.05) is 37.2 Å². The van der Waals surface area contributed by atoms with Crippen molar-refractivity contribution in [2.45, 2.75) is 25.9 Å². The molecule has 1 aromatic carbocycles. The second-order valence-electron chi connectivity index (χ2n) is 5.61. The first-order valence-electron chi connectivity index (χ1n) is 6.87. The van der Waals surface area contributed by atoms with Gasteiger partial charge in [0.25, 0.3) is 0 Å². The van der Waals surface area contributed by atoms with Gasteiger partial charge in [-0.3, -0.25) is 4.90 Å². The van der Waals surface area contributed by atoms with Crippen LogP contribution in [0.15, 0.2) is 42.6 Å². The molecule has 2 heteroatoms. The van der Waals surface area contributed by atoms with Crippen LogP contribution in [0.25, 0.3) is 5.69 Å². The molecule has 0 amide bonds. The highest BCUT2D eigenvalue weighted by molar-refractivity contribution is 5.44. The van der Waals surface area contributed by atoms with Crippen LogP contribution in [0.2, 0.25) is 0 Å². The third-order valence-corrected chi connectivity index (χ3v) is 4.08. The number of benzene rings is 1. The van der Waals surface area contributed by atoms with E-state index >= 15 is 0 Å². The molecule has 1 aliphatic heterocycles. The van der Waals surface area contributed by atoms with Gasteiger partial charge in [0.05, 0.1) is 0 Å². The first-order chi connectivity index (χ1) is 8.90. The van der Waals surface area contributed by atoms with Crippen molar-refractivity contribution in [3.8, 4) is 5.69 Å². The van der Waals surface area contributed by atoms with Crippen LogP contribution in [-0.2, 0) is 13.1 Å². The SMILES string of the molecule is c1ccc2c(c1)CN(CC1CC1)Cc1cccn1-2. The van der Waals surface area contributed by atoms with Crippen molar-refractivity contribution in [1.29, 1.82) is 0 Å². The number of rotatable bonds is 2. The molecule has 4 rings (SSSR count). The van der Waals surface area contributed by atoms with Crippen LogP contribution in [0, 0.1) is 5.92 Å². The molecule has 0 saturated heterocycles. The Morgan fingerprint density at radius 1 is 1.00 bits per heavy atom. The van der Waals surface area contributed by atoms with E-state index in [1.165, 1.54) is 36.3 Å². The number of hydrogen-bond donors (Lipinski definition) is 0. The van der Waals surface area contributed by atoms with Crippen LogP contribution >= 0.6 is 0 Å². The fourth-order valence-corrected chi connectivity index (χ4v) is 2.98. The Morgan fingerprint density at radius 3 is 2.78 bits per heavy atom. The van der Waals surface area contributed by atoms with Gasteiger partial charge in [0.2, 0.25) is 0 Å². The van der Waals surface area contributed by atoms with Crippen LogP contribution in [0.1, 0.15) is 24.1 Å². The van der Waals surface area contributed by atoms with Crippen molar-refractivity contribution < 1.29 is 0 Å². The highest BCUT2D eigenvalue weighted by Gasteiger charge is 2.26. The summed E-state index contributed by atoms with van der Waals surface area (Å²) in [5.41, 5.74) is 4.23. The van der Waals surface area contributed by atoms with E-state index < -0.39 is 0 Å². The van der Waals surface area contributed by atoms with Gasteiger partial charge in [0.15, 0.2) is 0 Å². The molecule has 0 radical (unpaired) electrons. The summed E-state index contributed by atoms with van der Waals surface area (Å²) in [7, 11) is 0. The molecule has 1 saturated carbocycles. The zero-order valence-corrected chi connectivity index (χ0v) is 10.5. The Kier molecular flexibility index (Phi) is 2.30. The largest absolute Gasteiger partial charge is 0.319 e. The standard InChI is InChI=1S/C16H18N2/c1-2-6-16-14(4-1)11-17(10-13-7-8-13)12-15-5-3-9-18(15)16/h1-6,9,13H,7-8,10-12H2. The molecule has 92 valence electrons. The topological polar surface area (TPSA) is 8.17 Å². The molecule has 2 heterocycles. The zero-order chi connectivity index (χ0) is 11.9. The molecule has 0 N–H and O–H groups in total. The van der Waals surface area contributed by atoms with E-state index in [0.717, 1.165) is 19.0 Å². The van der Waals surface area contributed by atoms with Crippen LogP contribution < -0.4 is 0 Å². The summed E-state index contributed by atoms with van der Waals surface area (Å²) < 4.78 is 2.35. The molecule has 1 fully saturated rings. The minimum Gasteiger partial charge on any atom is -0.319 e. The second kappa shape index (κ2) is 3.99. The molecule has 2 nitrogen and oxygen atoms in total. The van der Waals surface area contributed by atoms with Crippen molar-refractivity contribution in [2.75, 3.05) is 6.54 Å². The Bertz CT molecular complexity index is 566. The lowest BCUT2D eigenvalue weighted by Gasteiger charge is -2.19. The molecule has 2 aliphatic rings. The number of nitrogens with zero attached hydrogens (tertiary/aromatic N) is 2. The van der Waals surface area contributed by atoms with Crippen LogP contribution in [0.5, 0.6) is 0 Å². The number of fused-ring (bicyclic) bond motifs is 3. The minimum absolute atomic E-state index is 0.957. The van der Waals surface area contributed by atoms with Gasteiger partial charge in [-0.2, -0.15) is 0 Å². The molecular formula is C16H18N2. The highest BCUT2D eigenvalue weighted by Crippen LogP contribution is 2.32. The molecule has 0 atom stereocenters. The van der Waals surface area contributed by atoms with Gasteiger partial charge >= 0.3 is 0 Å². The Hall–Kier alpha value is -1.54. The second-order valence-corrected chi connectivity index (χ2v) is 5.61. The van der Waals surface area contributed by atoms with E-state index in [1.54, 1.807) is 0 Å². The summed E-state index contributed by atoms with van der Waals surface area (Å²) in [4.78, 5) is 2.61. The molecule has 0 unspecified atom stereocenters. The van der Waals surface area contributed by atoms with Crippen LogP contribution in [0.4, 0.5) is 0 Å². The van der Waals surface area contributed by atoms with E-state index in [1.807, 2.05) is 0 Å². The van der Waals surface area contributed by atoms with Crippen LogP contribution in [-0.4, -0.2) is 16.0 Å². The summed E-state index contributed by atoms with van der Waals surface area (Å²) in [6, 6.07) is 13.2. The van der Waals surface area contributed by atoms with E-state index in [9.17, 15) is 0 Å². The third-order valence-electron chi connectivity index (χ3n) is 4.08. The van der Waals surface area contributed by atoms with Crippen molar-refractivity contribution in [3.05, 3.63) is 53.9 Å². The lowest BCUT2D eigenvalue weighted by molar-refractivity contribution is 0.246. The van der Waals surface area contributed by atoms with Gasteiger partial charge < -0.3 is 4.57 Å². The average molecular weight is 238 g/mol. The number of aromatic nitrogens is 1. The summed E-state index contributed by atoms with van der Waals surface area (Å²) >= 11 is 0. The molecule has 0 spiro atoms. The Morgan fingerprint density at radius 2 is 1.89 bits per heavy atom. The zero-order valence-electron chi connectivity index (χ0n) is 10.5. The normalized spacial score (nSPS) is 19.1. The highest BCUT2D eigenvalue weighted by atomic mass is 15.2. The fraction of sp³-hybridized carbons (Fsp3) is 0.375. The molecular weight excluding hydrogens is 220 g/mol. The third kappa shape index (κ3) is 1.77. The van der Waals surface area contributed by atoms with E-state index in [0.29, 0.717) is 0 Å². The first-order valence-corrected chi connectivity index (χ1v) is 6.87. The predicted octanol–water partition coefficient (Wildman–Crippen LogP) is 3.20. The lowest BCUT2D eigenvalue weighted by atomic mass is 10.1. The van der Waals surface area contributed by atoms with Gasteiger partial charge in [-0.15, -0.1) is 0 Å². The van der Waals surface area contributed by atoms with Crippen LogP contribution in [0.3, 0.4) is 0 Å². The Balaban J connectivity index is 1.76. The van der Waals surface area contributed by atoms with Gasteiger partial charge in [-0.1, -0.05) is 18.2 Å². The summed E-state index contributed by atoms with van der Waals surface area (Å²) in [5, 5.41) is 0. The van der Waals surface area contributed by atoms with E-state index in [4.69, 9.17) is 0 Å². The van der Waals surface area contributed by atoms with E-state index in [2.05, 4.69) is 52.1 Å². The van der Waals surface area contributed by atoms with Gasteiger partial charge in [-0.25, -0.2) is 0 Å². The smallest absolute Gasteiger partial charge is 0.0497 e. The average Bonchev–Trinajstić information content (AvgIpc) is 3.10. The molecule has 0 bridgehead atoms. The van der Waals surface area contributed by atoms with Crippen molar-refractivity contribution in [2.24, 2.45) is 5.92 Å². The minimum atomic E-state index is 0.957. The molecule has 1 aliphatic carbocycles. The maximum Gasteiger partial charge on any atom is 0.0497 e. The van der Waals surface area contributed by atoms with E-state index in [-0.39, 0.29) is 0 Å². The predicted molar refractivity (Wildman–Crippen MR) is 72.6 cm³/mol. The Labute approximate surface area is 108 Å². The molecule has 2 aromatic rings.